The number of benzene rings is 1. The van der Waals surface area contributed by atoms with Crippen LogP contribution in [0.2, 0.25) is 0 Å². The summed E-state index contributed by atoms with van der Waals surface area (Å²) >= 11 is 5.33. The number of oxime groups is 1. The molecule has 0 aliphatic carbocycles. The molecule has 0 radical (unpaired) electrons. The van der Waals surface area contributed by atoms with E-state index in [4.69, 9.17) is 16.3 Å². The van der Waals surface area contributed by atoms with E-state index in [0.717, 1.165) is 0 Å². The van der Waals surface area contributed by atoms with Crippen LogP contribution in [-0.2, 0) is 25.8 Å². The Morgan fingerprint density at radius 2 is 1.95 bits per heavy atom. The molecule has 0 unspecified atom stereocenters. The molecule has 112 valence electrons. The molecule has 0 atom stereocenters. The van der Waals surface area contributed by atoms with Gasteiger partial charge in [0.25, 0.3) is 5.69 Å². The van der Waals surface area contributed by atoms with Crippen LogP contribution < -0.4 is 0 Å². The van der Waals surface area contributed by atoms with Crippen LogP contribution in [0.4, 0.5) is 5.69 Å². The Bertz CT molecular complexity index is 570. The number of nitro groups is 1. The first kappa shape index (κ1) is 16.6. The van der Waals surface area contributed by atoms with Gasteiger partial charge in [-0.15, -0.1) is 11.6 Å². The molecule has 21 heavy (non-hydrogen) atoms. The topological polar surface area (TPSA) is 108 Å². The van der Waals surface area contributed by atoms with Crippen LogP contribution >= 0.6 is 11.6 Å². The van der Waals surface area contributed by atoms with Gasteiger partial charge < -0.3 is 9.57 Å². The normalized spacial score (nSPS) is 10.9. The van der Waals surface area contributed by atoms with Crippen molar-refractivity contribution in [2.75, 3.05) is 13.0 Å². The highest BCUT2D eigenvalue weighted by atomic mass is 35.5. The molecule has 8 nitrogen and oxygen atoms in total. The molecule has 0 aromatic heterocycles. The largest absolute Gasteiger partial charge is 0.456 e. The third-order valence-electron chi connectivity index (χ3n) is 2.28. The average molecular weight is 315 g/mol. The van der Waals surface area contributed by atoms with Crippen LogP contribution in [0.3, 0.4) is 0 Å². The van der Waals surface area contributed by atoms with E-state index in [2.05, 4.69) is 9.99 Å². The summed E-state index contributed by atoms with van der Waals surface area (Å²) in [7, 11) is 1.17. The van der Waals surface area contributed by atoms with Gasteiger partial charge in [0.15, 0.2) is 0 Å². The zero-order valence-corrected chi connectivity index (χ0v) is 11.7. The Kier molecular flexibility index (Phi) is 6.28. The summed E-state index contributed by atoms with van der Waals surface area (Å²) in [5.41, 5.74) is -0.109. The van der Waals surface area contributed by atoms with Gasteiger partial charge in [-0.25, -0.2) is 4.79 Å². The van der Waals surface area contributed by atoms with Gasteiger partial charge in [0.05, 0.1) is 10.8 Å². The van der Waals surface area contributed by atoms with Gasteiger partial charge in [0, 0.05) is 12.1 Å². The van der Waals surface area contributed by atoms with Crippen molar-refractivity contribution >= 4 is 34.8 Å². The molecule has 0 spiro atoms. The number of nitro benzene ring substituents is 1. The van der Waals surface area contributed by atoms with E-state index in [1.165, 1.54) is 31.4 Å². The highest BCUT2D eigenvalue weighted by molar-refractivity contribution is 6.67. The first-order valence-electron chi connectivity index (χ1n) is 5.60. The predicted molar refractivity (Wildman–Crippen MR) is 73.1 cm³/mol. The van der Waals surface area contributed by atoms with Gasteiger partial charge in [-0.3, -0.25) is 14.9 Å². The second kappa shape index (κ2) is 7.95. The lowest BCUT2D eigenvalue weighted by molar-refractivity contribution is -0.384. The summed E-state index contributed by atoms with van der Waals surface area (Å²) in [5, 5.41) is 13.8. The van der Waals surface area contributed by atoms with E-state index in [9.17, 15) is 19.7 Å². The first-order chi connectivity index (χ1) is 9.99. The molecule has 0 bridgehead atoms. The quantitative estimate of drug-likeness (QED) is 0.188. The molecule has 0 saturated carbocycles. The zero-order chi connectivity index (χ0) is 15.8. The highest BCUT2D eigenvalue weighted by Crippen LogP contribution is 2.12. The summed E-state index contributed by atoms with van der Waals surface area (Å²) < 4.78 is 4.87. The second-order valence-electron chi connectivity index (χ2n) is 3.68. The van der Waals surface area contributed by atoms with Crippen LogP contribution in [0.5, 0.6) is 0 Å². The minimum absolute atomic E-state index is 0.0796. The van der Waals surface area contributed by atoms with Gasteiger partial charge in [0.2, 0.25) is 11.5 Å². The molecule has 1 rings (SSSR count). The van der Waals surface area contributed by atoms with Crippen LogP contribution in [-0.4, -0.2) is 35.4 Å². The Labute approximate surface area is 124 Å². The van der Waals surface area contributed by atoms with Crippen LogP contribution in [0.15, 0.2) is 29.4 Å². The fourth-order valence-corrected chi connectivity index (χ4v) is 1.41. The lowest BCUT2D eigenvalue weighted by Crippen LogP contribution is -2.27. The maximum Gasteiger partial charge on any atom is 0.364 e. The minimum Gasteiger partial charge on any atom is -0.456 e. The summed E-state index contributed by atoms with van der Waals surface area (Å²) in [5.74, 6) is -2.15. The second-order valence-corrected chi connectivity index (χ2v) is 3.95. The first-order valence-corrected chi connectivity index (χ1v) is 6.13. The number of carbonyl (C=O) groups is 2. The Morgan fingerprint density at radius 1 is 1.33 bits per heavy atom. The maximum absolute atomic E-state index is 11.7. The molecular formula is C12H11ClN2O6. The lowest BCUT2D eigenvalue weighted by atomic mass is 10.2. The van der Waals surface area contributed by atoms with Gasteiger partial charge >= 0.3 is 5.97 Å². The lowest BCUT2D eigenvalue weighted by Gasteiger charge is -2.05. The molecule has 0 heterocycles. The van der Waals surface area contributed by atoms with E-state index in [-0.39, 0.29) is 12.3 Å². The molecule has 0 aliphatic heterocycles. The van der Waals surface area contributed by atoms with Gasteiger partial charge in [-0.05, 0) is 17.7 Å². The van der Waals surface area contributed by atoms with Crippen molar-refractivity contribution < 1.29 is 24.1 Å². The third kappa shape index (κ3) is 4.84. The van der Waals surface area contributed by atoms with Crippen molar-refractivity contribution in [1.29, 1.82) is 0 Å². The molecule has 0 N–H and O–H groups in total. The molecular weight excluding hydrogens is 304 g/mol. The van der Waals surface area contributed by atoms with E-state index >= 15 is 0 Å². The summed E-state index contributed by atoms with van der Waals surface area (Å²) in [6.07, 6.45) is 0. The summed E-state index contributed by atoms with van der Waals surface area (Å²) in [6.45, 7) is -0.172. The smallest absolute Gasteiger partial charge is 0.364 e. The van der Waals surface area contributed by atoms with Crippen molar-refractivity contribution in [3.8, 4) is 0 Å². The molecule has 0 fully saturated rings. The number of esters is 1. The van der Waals surface area contributed by atoms with Crippen LogP contribution in [0.1, 0.15) is 5.56 Å². The minimum atomic E-state index is -0.985. The fraction of sp³-hybridized carbons (Fsp3) is 0.250. The van der Waals surface area contributed by atoms with Crippen molar-refractivity contribution in [3.05, 3.63) is 39.9 Å². The van der Waals surface area contributed by atoms with Gasteiger partial charge in [-0.1, -0.05) is 5.16 Å². The highest BCUT2D eigenvalue weighted by Gasteiger charge is 2.22. The SMILES string of the molecule is CO/N=C(/C(=O)CCl)C(=O)OCc1ccc([N+](=O)[O-])cc1. The number of ether oxygens (including phenoxy) is 1. The number of non-ortho nitro benzene ring substituents is 1. The maximum atomic E-state index is 11.7. The fourth-order valence-electron chi connectivity index (χ4n) is 1.29. The number of hydrogen-bond acceptors (Lipinski definition) is 7. The van der Waals surface area contributed by atoms with E-state index < -0.39 is 28.3 Å². The zero-order valence-electron chi connectivity index (χ0n) is 10.9. The summed E-state index contributed by atoms with van der Waals surface area (Å²) in [6, 6.07) is 5.42. The number of alkyl halides is 1. The monoisotopic (exact) mass is 314 g/mol. The number of hydrogen-bond donors (Lipinski definition) is 0. The van der Waals surface area contributed by atoms with Gasteiger partial charge in [-0.2, -0.15) is 0 Å². The number of nitrogens with zero attached hydrogens (tertiary/aromatic N) is 2. The number of Topliss-reactive ketones (excluding diaryl/α,β-unsaturated/α-hetero) is 1. The third-order valence-corrected chi connectivity index (χ3v) is 2.52. The van der Waals surface area contributed by atoms with Crippen molar-refractivity contribution in [2.24, 2.45) is 5.16 Å². The molecule has 0 amide bonds. The van der Waals surface area contributed by atoms with E-state index in [0.29, 0.717) is 5.56 Å². The standard InChI is InChI=1S/C12H11ClN2O6/c1-20-14-11(10(16)6-13)12(17)21-7-8-2-4-9(5-3-8)15(18)19/h2-5H,6-7H2,1H3/b14-11-. The number of ketones is 1. The molecule has 1 aromatic carbocycles. The van der Waals surface area contributed by atoms with Crippen molar-refractivity contribution in [1.82, 2.24) is 0 Å². The van der Waals surface area contributed by atoms with Crippen molar-refractivity contribution in [3.63, 3.8) is 0 Å². The molecule has 1 aromatic rings. The number of rotatable bonds is 7. The van der Waals surface area contributed by atoms with Crippen LogP contribution in [0.25, 0.3) is 0 Å². The Hall–Kier alpha value is -2.48. The Balaban J connectivity index is 2.69. The Morgan fingerprint density at radius 3 is 2.43 bits per heavy atom. The van der Waals surface area contributed by atoms with Crippen molar-refractivity contribution in [2.45, 2.75) is 6.61 Å². The van der Waals surface area contributed by atoms with E-state index in [1.54, 1.807) is 0 Å². The molecule has 0 aliphatic rings. The predicted octanol–water partition coefficient (Wildman–Crippen LogP) is 1.45. The summed E-state index contributed by atoms with van der Waals surface area (Å²) in [4.78, 5) is 37.3. The van der Waals surface area contributed by atoms with Crippen LogP contribution in [0, 0.1) is 10.1 Å². The molecule has 0 saturated heterocycles. The van der Waals surface area contributed by atoms with E-state index in [1.807, 2.05) is 0 Å². The average Bonchev–Trinajstić information content (AvgIpc) is 2.49. The van der Waals surface area contributed by atoms with Gasteiger partial charge in [0.1, 0.15) is 13.7 Å². The number of halogens is 1. The molecule has 9 heteroatoms. The number of carbonyl (C=O) groups excluding carboxylic acids is 2.